The maximum absolute atomic E-state index is 3.53. The molecule has 0 radical (unpaired) electrons. The molecule has 2 aromatic heterocycles. The third-order valence-corrected chi connectivity index (χ3v) is 5.48. The van der Waals surface area contributed by atoms with Crippen molar-refractivity contribution in [1.29, 1.82) is 0 Å². The topological polar surface area (TPSA) is 7.76 Å². The quantitative estimate of drug-likeness (QED) is 0.258. The van der Waals surface area contributed by atoms with Crippen LogP contribution in [0.2, 0.25) is 0 Å². The summed E-state index contributed by atoms with van der Waals surface area (Å²) >= 11 is 0. The first-order chi connectivity index (χ1) is 15.8. The molecule has 4 aromatic rings. The minimum Gasteiger partial charge on any atom is -0.190 e. The van der Waals surface area contributed by atoms with Crippen LogP contribution in [0.4, 0.5) is 0 Å². The van der Waals surface area contributed by atoms with E-state index in [2.05, 4.69) is 105 Å². The Balaban J connectivity index is 1.92. The summed E-state index contributed by atoms with van der Waals surface area (Å²) in [5, 5.41) is 3.64. The van der Waals surface area contributed by atoms with E-state index >= 15 is 0 Å². The Morgan fingerprint density at radius 1 is 0.656 bits per heavy atom. The van der Waals surface area contributed by atoms with Crippen LogP contribution in [0.15, 0.2) is 72.9 Å². The van der Waals surface area contributed by atoms with E-state index in [4.69, 9.17) is 0 Å². The van der Waals surface area contributed by atoms with Gasteiger partial charge in [0.2, 0.25) is 5.52 Å². The van der Waals surface area contributed by atoms with Gasteiger partial charge >= 0.3 is 0 Å². The van der Waals surface area contributed by atoms with Crippen LogP contribution >= 0.6 is 0 Å². The van der Waals surface area contributed by atoms with Crippen molar-refractivity contribution in [3.8, 4) is 35.5 Å². The van der Waals surface area contributed by atoms with Gasteiger partial charge in [-0.3, -0.25) is 0 Å². The normalized spacial score (nSPS) is 9.94. The molecule has 32 heavy (non-hydrogen) atoms. The number of hydrogen-bond donors (Lipinski definition) is 0. The van der Waals surface area contributed by atoms with E-state index in [0.717, 1.165) is 37.3 Å². The van der Waals surface area contributed by atoms with Gasteiger partial charge in [-0.1, -0.05) is 42.2 Å². The molecule has 154 valence electrons. The highest BCUT2D eigenvalue weighted by molar-refractivity contribution is 6.05. The molecular weight excluding hydrogens is 388 g/mol. The van der Waals surface area contributed by atoms with Gasteiger partial charge in [0.15, 0.2) is 19.3 Å². The number of nitrogens with zero attached hydrogens (tertiary/aromatic N) is 2. The zero-order valence-corrected chi connectivity index (χ0v) is 18.7. The van der Waals surface area contributed by atoms with Gasteiger partial charge in [-0.05, 0) is 32.0 Å². The van der Waals surface area contributed by atoms with Crippen molar-refractivity contribution in [2.45, 2.75) is 39.8 Å². The van der Waals surface area contributed by atoms with Crippen molar-refractivity contribution in [3.05, 3.63) is 84.3 Å². The Kier molecular flexibility index (Phi) is 6.82. The number of aryl methyl sites for hydroxylation is 2. The highest BCUT2D eigenvalue weighted by Gasteiger charge is 2.20. The van der Waals surface area contributed by atoms with Gasteiger partial charge in [-0.2, -0.15) is 9.13 Å². The molecule has 0 aliphatic carbocycles. The van der Waals surface area contributed by atoms with Crippen molar-refractivity contribution >= 4 is 21.7 Å². The molecule has 0 amide bonds. The third-order valence-electron chi connectivity index (χ3n) is 5.48. The van der Waals surface area contributed by atoms with E-state index in [1.165, 1.54) is 21.7 Å². The molecular formula is C30H26N2+2. The van der Waals surface area contributed by atoms with E-state index in [0.29, 0.717) is 0 Å². The van der Waals surface area contributed by atoms with Gasteiger partial charge in [0.25, 0.3) is 11.4 Å². The Hall–Kier alpha value is -4.06. The summed E-state index contributed by atoms with van der Waals surface area (Å²) in [5.74, 6) is 19.3. The van der Waals surface area contributed by atoms with Crippen LogP contribution in [0.3, 0.4) is 0 Å². The molecule has 2 aromatic carbocycles. The second-order valence-corrected chi connectivity index (χ2v) is 7.45. The lowest BCUT2D eigenvalue weighted by Gasteiger charge is -2.08. The zero-order chi connectivity index (χ0) is 22.2. The van der Waals surface area contributed by atoms with E-state index in [9.17, 15) is 0 Å². The summed E-state index contributed by atoms with van der Waals surface area (Å²) < 4.78 is 4.50. The average Bonchev–Trinajstić information content (AvgIpc) is 2.84. The number of pyridine rings is 2. The SMILES string of the molecule is CC#CCC[n+]1ccccc1C#Cc1c2ccccc2c2ccccc2[n+]1CCC#CC. The Morgan fingerprint density at radius 2 is 1.31 bits per heavy atom. The fraction of sp³-hybridized carbons (Fsp3) is 0.200. The Labute approximate surface area is 190 Å². The van der Waals surface area contributed by atoms with Crippen molar-refractivity contribution in [2.75, 3.05) is 0 Å². The molecule has 2 heteroatoms. The lowest BCUT2D eigenvalue weighted by molar-refractivity contribution is -0.698. The zero-order valence-electron chi connectivity index (χ0n) is 18.7. The summed E-state index contributed by atoms with van der Waals surface area (Å²) in [5.41, 5.74) is 3.20. The highest BCUT2D eigenvalue weighted by atomic mass is 15.0. The average molecular weight is 415 g/mol. The predicted molar refractivity (Wildman–Crippen MR) is 130 cm³/mol. The fourth-order valence-corrected chi connectivity index (χ4v) is 4.00. The van der Waals surface area contributed by atoms with Gasteiger partial charge in [-0.25, -0.2) is 0 Å². The van der Waals surface area contributed by atoms with Crippen molar-refractivity contribution in [2.24, 2.45) is 0 Å². The van der Waals surface area contributed by atoms with Gasteiger partial charge in [0, 0.05) is 35.4 Å². The molecule has 0 unspecified atom stereocenters. The van der Waals surface area contributed by atoms with Crippen LogP contribution in [0.25, 0.3) is 21.7 Å². The maximum Gasteiger partial charge on any atom is 0.265 e. The monoisotopic (exact) mass is 414 g/mol. The molecule has 2 heterocycles. The number of benzene rings is 2. The van der Waals surface area contributed by atoms with Crippen molar-refractivity contribution < 1.29 is 9.13 Å². The van der Waals surface area contributed by atoms with Crippen LogP contribution in [-0.4, -0.2) is 0 Å². The molecule has 0 aliphatic rings. The van der Waals surface area contributed by atoms with Crippen LogP contribution in [0.1, 0.15) is 38.1 Å². The smallest absolute Gasteiger partial charge is 0.190 e. The maximum atomic E-state index is 3.53. The van der Waals surface area contributed by atoms with Crippen molar-refractivity contribution in [1.82, 2.24) is 0 Å². The minimum absolute atomic E-state index is 0.791. The van der Waals surface area contributed by atoms with E-state index in [1.54, 1.807) is 0 Å². The summed E-state index contributed by atoms with van der Waals surface area (Å²) in [6.07, 6.45) is 3.68. The minimum atomic E-state index is 0.791. The van der Waals surface area contributed by atoms with Crippen LogP contribution < -0.4 is 9.13 Å². The van der Waals surface area contributed by atoms with Gasteiger partial charge in [0.1, 0.15) is 0 Å². The lowest BCUT2D eigenvalue weighted by Crippen LogP contribution is -2.39. The standard InChI is InChI=1S/C30H26N2/c1-3-5-12-22-31-23-14-11-15-25(31)20-21-30-28-17-8-7-16-26(28)27-18-9-10-19-29(27)32(30)24-13-6-4-2/h7-11,14-19,23H,12-13,22,24H2,1-2H3/q+2. The Bertz CT molecular complexity index is 1460. The second kappa shape index (κ2) is 10.3. The van der Waals surface area contributed by atoms with Gasteiger partial charge in [0.05, 0.1) is 23.6 Å². The molecule has 0 spiro atoms. The fourth-order valence-electron chi connectivity index (χ4n) is 4.00. The van der Waals surface area contributed by atoms with Gasteiger partial charge < -0.3 is 0 Å². The summed E-state index contributed by atoms with van der Waals surface area (Å²) in [4.78, 5) is 0. The van der Waals surface area contributed by atoms with E-state index in [1.807, 2.05) is 26.0 Å². The second-order valence-electron chi connectivity index (χ2n) is 7.45. The highest BCUT2D eigenvalue weighted by Crippen LogP contribution is 2.25. The van der Waals surface area contributed by atoms with Gasteiger partial charge in [-0.15, -0.1) is 11.8 Å². The van der Waals surface area contributed by atoms with E-state index < -0.39 is 0 Å². The molecule has 0 bridgehead atoms. The molecule has 2 nitrogen and oxygen atoms in total. The lowest BCUT2D eigenvalue weighted by atomic mass is 10.0. The summed E-state index contributed by atoms with van der Waals surface area (Å²) in [6, 6.07) is 23.3. The summed E-state index contributed by atoms with van der Waals surface area (Å²) in [6.45, 7) is 5.40. The molecule has 0 atom stereocenters. The molecule has 0 aliphatic heterocycles. The summed E-state index contributed by atoms with van der Waals surface area (Å²) in [7, 11) is 0. The predicted octanol–water partition coefficient (Wildman–Crippen LogP) is 4.79. The molecule has 0 fully saturated rings. The first kappa shape index (κ1) is 21.2. The third kappa shape index (κ3) is 4.49. The molecule has 0 N–H and O–H groups in total. The van der Waals surface area contributed by atoms with Crippen LogP contribution in [-0.2, 0) is 13.1 Å². The first-order valence-corrected chi connectivity index (χ1v) is 11.0. The largest absolute Gasteiger partial charge is 0.265 e. The van der Waals surface area contributed by atoms with E-state index in [-0.39, 0.29) is 0 Å². The van der Waals surface area contributed by atoms with Crippen molar-refractivity contribution in [3.63, 3.8) is 0 Å². The number of para-hydroxylation sites is 1. The van der Waals surface area contributed by atoms with Crippen LogP contribution in [0.5, 0.6) is 0 Å². The Morgan fingerprint density at radius 3 is 2.09 bits per heavy atom. The first-order valence-electron chi connectivity index (χ1n) is 11.0. The van der Waals surface area contributed by atoms with Crippen LogP contribution in [0, 0.1) is 35.5 Å². The number of hydrogen-bond acceptors (Lipinski definition) is 0. The molecule has 4 rings (SSSR count). The number of rotatable bonds is 4. The molecule has 0 saturated carbocycles. The number of fused-ring (bicyclic) bond motifs is 3. The number of aromatic nitrogens is 2. The molecule has 0 saturated heterocycles.